The quantitative estimate of drug-likeness (QED) is 0.827. The van der Waals surface area contributed by atoms with E-state index >= 15 is 0 Å². The highest BCUT2D eigenvalue weighted by molar-refractivity contribution is 5.72. The van der Waals surface area contributed by atoms with Crippen LogP contribution in [0.2, 0.25) is 0 Å². The van der Waals surface area contributed by atoms with Gasteiger partial charge in [0.2, 0.25) is 0 Å². The molecule has 1 heterocycles. The molecule has 102 valence electrons. The fraction of sp³-hybridized carbons (Fsp3) is 0.182. The van der Waals surface area contributed by atoms with E-state index in [1.165, 1.54) is 12.3 Å². The smallest absolute Gasteiger partial charge is 0.396 e. The summed E-state index contributed by atoms with van der Waals surface area (Å²) in [5.74, 6) is -4.92. The molecule has 0 aliphatic rings. The molecule has 0 fully saturated rings. The number of halogens is 5. The number of benzene rings is 1. The average molecular weight is 277 g/mol. The number of hydrogen-bond acceptors (Lipinski definition) is 2. The Bertz CT molecular complexity index is 588. The molecule has 3 nitrogen and oxygen atoms in total. The van der Waals surface area contributed by atoms with Gasteiger partial charge in [-0.3, -0.25) is 5.10 Å². The standard InChI is InChI=1S/C11H8F5N3/c12-10(13,11(14,15)16)7-3-1-2-6(4-7)9-8(17)5-18-19-9/h1-5H,17H2,(H,18,19). The molecule has 2 rings (SSSR count). The Morgan fingerprint density at radius 2 is 1.79 bits per heavy atom. The van der Waals surface area contributed by atoms with Gasteiger partial charge in [0.05, 0.1) is 17.6 Å². The Hall–Kier alpha value is -2.12. The molecule has 0 saturated carbocycles. The van der Waals surface area contributed by atoms with Gasteiger partial charge in [-0.2, -0.15) is 27.1 Å². The van der Waals surface area contributed by atoms with Gasteiger partial charge >= 0.3 is 12.1 Å². The van der Waals surface area contributed by atoms with Gasteiger partial charge in [0.25, 0.3) is 0 Å². The van der Waals surface area contributed by atoms with Gasteiger partial charge in [0, 0.05) is 11.1 Å². The highest BCUT2D eigenvalue weighted by Crippen LogP contribution is 2.44. The van der Waals surface area contributed by atoms with Crippen LogP contribution in [0.3, 0.4) is 0 Å². The Labute approximate surface area is 104 Å². The van der Waals surface area contributed by atoms with Crippen molar-refractivity contribution in [3.63, 3.8) is 0 Å². The van der Waals surface area contributed by atoms with Gasteiger partial charge in [0.15, 0.2) is 0 Å². The maximum Gasteiger partial charge on any atom is 0.458 e. The summed E-state index contributed by atoms with van der Waals surface area (Å²) >= 11 is 0. The monoisotopic (exact) mass is 277 g/mol. The van der Waals surface area contributed by atoms with Crippen LogP contribution < -0.4 is 5.73 Å². The van der Waals surface area contributed by atoms with E-state index in [4.69, 9.17) is 5.73 Å². The number of nitrogens with zero attached hydrogens (tertiary/aromatic N) is 1. The topological polar surface area (TPSA) is 54.7 Å². The second-order valence-corrected chi connectivity index (χ2v) is 3.85. The van der Waals surface area contributed by atoms with Crippen molar-refractivity contribution in [2.45, 2.75) is 12.1 Å². The second kappa shape index (κ2) is 4.22. The van der Waals surface area contributed by atoms with Crippen LogP contribution in [0.15, 0.2) is 30.5 Å². The number of nitrogens with one attached hydrogen (secondary N) is 1. The molecule has 0 radical (unpaired) electrons. The van der Waals surface area contributed by atoms with Crippen molar-refractivity contribution in [1.29, 1.82) is 0 Å². The van der Waals surface area contributed by atoms with Crippen LogP contribution in [0, 0.1) is 0 Å². The van der Waals surface area contributed by atoms with E-state index in [9.17, 15) is 22.0 Å². The van der Waals surface area contributed by atoms with Crippen molar-refractivity contribution in [2.75, 3.05) is 5.73 Å². The second-order valence-electron chi connectivity index (χ2n) is 3.85. The van der Waals surface area contributed by atoms with Crippen LogP contribution in [0.25, 0.3) is 11.3 Å². The summed E-state index contributed by atoms with van der Waals surface area (Å²) in [7, 11) is 0. The molecular weight excluding hydrogens is 269 g/mol. The number of hydrogen-bond donors (Lipinski definition) is 2. The van der Waals surface area contributed by atoms with Crippen molar-refractivity contribution < 1.29 is 22.0 Å². The number of H-pyrrole nitrogens is 1. The average Bonchev–Trinajstić information content (AvgIpc) is 2.74. The molecule has 0 bridgehead atoms. The molecule has 0 saturated heterocycles. The van der Waals surface area contributed by atoms with E-state index in [1.807, 2.05) is 0 Å². The van der Waals surface area contributed by atoms with Crippen molar-refractivity contribution in [2.24, 2.45) is 0 Å². The molecule has 0 aliphatic heterocycles. The Morgan fingerprint density at radius 3 is 2.32 bits per heavy atom. The number of alkyl halides is 5. The minimum absolute atomic E-state index is 0.108. The largest absolute Gasteiger partial charge is 0.458 e. The van der Waals surface area contributed by atoms with E-state index in [0.29, 0.717) is 6.07 Å². The van der Waals surface area contributed by atoms with Crippen LogP contribution in [-0.4, -0.2) is 16.4 Å². The maximum absolute atomic E-state index is 13.2. The summed E-state index contributed by atoms with van der Waals surface area (Å²) in [6.07, 6.45) is -4.41. The highest BCUT2D eigenvalue weighted by atomic mass is 19.4. The Kier molecular flexibility index (Phi) is 2.95. The number of aromatic nitrogens is 2. The van der Waals surface area contributed by atoms with Crippen LogP contribution in [0.4, 0.5) is 27.6 Å². The fourth-order valence-electron chi connectivity index (χ4n) is 1.56. The lowest BCUT2D eigenvalue weighted by molar-refractivity contribution is -0.289. The molecule has 1 aromatic carbocycles. The first-order chi connectivity index (χ1) is 8.73. The zero-order valence-corrected chi connectivity index (χ0v) is 9.30. The van der Waals surface area contributed by atoms with Crippen LogP contribution in [0.1, 0.15) is 5.56 Å². The van der Waals surface area contributed by atoms with Crippen LogP contribution in [-0.2, 0) is 5.92 Å². The highest BCUT2D eigenvalue weighted by Gasteiger charge is 2.58. The molecule has 1 aromatic heterocycles. The Morgan fingerprint density at radius 1 is 1.11 bits per heavy atom. The molecular formula is C11H8F5N3. The lowest BCUT2D eigenvalue weighted by Gasteiger charge is -2.20. The third-order valence-electron chi connectivity index (χ3n) is 2.54. The Balaban J connectivity index is 2.49. The molecule has 19 heavy (non-hydrogen) atoms. The first kappa shape index (κ1) is 13.3. The summed E-state index contributed by atoms with van der Waals surface area (Å²) in [6, 6.07) is 3.91. The lowest BCUT2D eigenvalue weighted by Crippen LogP contribution is -2.33. The fourth-order valence-corrected chi connectivity index (χ4v) is 1.56. The molecule has 0 atom stereocenters. The number of aromatic amines is 1. The van der Waals surface area contributed by atoms with Gasteiger partial charge in [-0.05, 0) is 6.07 Å². The molecule has 2 aromatic rings. The van der Waals surface area contributed by atoms with Crippen molar-refractivity contribution >= 4 is 5.69 Å². The van der Waals surface area contributed by atoms with Gasteiger partial charge in [-0.15, -0.1) is 0 Å². The summed E-state index contributed by atoms with van der Waals surface area (Å²) in [6.45, 7) is 0. The zero-order chi connectivity index (χ0) is 14.3. The van der Waals surface area contributed by atoms with Crippen LogP contribution in [0.5, 0.6) is 0 Å². The van der Waals surface area contributed by atoms with Crippen molar-refractivity contribution in [1.82, 2.24) is 10.2 Å². The summed E-state index contributed by atoms with van der Waals surface area (Å²) in [4.78, 5) is 0. The van der Waals surface area contributed by atoms with Gasteiger partial charge in [-0.1, -0.05) is 18.2 Å². The summed E-state index contributed by atoms with van der Waals surface area (Å²) in [5.41, 5.74) is 4.83. The number of nitrogens with two attached hydrogens (primary N) is 1. The van der Waals surface area contributed by atoms with Crippen LogP contribution >= 0.6 is 0 Å². The normalized spacial score (nSPS) is 12.7. The SMILES string of the molecule is Nc1cn[nH]c1-c1cccc(C(F)(F)C(F)(F)F)c1. The lowest BCUT2D eigenvalue weighted by atomic mass is 10.0. The van der Waals surface area contributed by atoms with Gasteiger partial charge in [0.1, 0.15) is 0 Å². The predicted octanol–water partition coefficient (Wildman–Crippen LogP) is 3.31. The van der Waals surface area contributed by atoms with E-state index in [-0.39, 0.29) is 16.9 Å². The summed E-state index contributed by atoms with van der Waals surface area (Å²) in [5, 5.41) is 6.02. The zero-order valence-electron chi connectivity index (χ0n) is 9.30. The molecule has 0 spiro atoms. The molecule has 8 heteroatoms. The minimum atomic E-state index is -5.65. The van der Waals surface area contributed by atoms with E-state index in [1.54, 1.807) is 0 Å². The third-order valence-corrected chi connectivity index (χ3v) is 2.54. The molecule has 0 unspecified atom stereocenters. The summed E-state index contributed by atoms with van der Waals surface area (Å²) < 4.78 is 63.2. The molecule has 0 amide bonds. The predicted molar refractivity (Wildman–Crippen MR) is 58.4 cm³/mol. The van der Waals surface area contributed by atoms with Gasteiger partial charge in [-0.25, -0.2) is 0 Å². The molecule has 0 aliphatic carbocycles. The first-order valence-electron chi connectivity index (χ1n) is 5.08. The molecule has 3 N–H and O–H groups in total. The van der Waals surface area contributed by atoms with E-state index in [2.05, 4.69) is 10.2 Å². The number of anilines is 1. The first-order valence-corrected chi connectivity index (χ1v) is 5.08. The number of nitrogen functional groups attached to an aromatic ring is 1. The van der Waals surface area contributed by atoms with E-state index < -0.39 is 17.7 Å². The van der Waals surface area contributed by atoms with Gasteiger partial charge < -0.3 is 5.73 Å². The number of rotatable bonds is 2. The van der Waals surface area contributed by atoms with E-state index in [0.717, 1.165) is 12.1 Å². The van der Waals surface area contributed by atoms with Crippen molar-refractivity contribution in [3.05, 3.63) is 36.0 Å². The minimum Gasteiger partial charge on any atom is -0.396 e. The maximum atomic E-state index is 13.2. The van der Waals surface area contributed by atoms with Crippen molar-refractivity contribution in [3.8, 4) is 11.3 Å². The third kappa shape index (κ3) is 2.25.